The number of terminal acetylenes is 1. The van der Waals surface area contributed by atoms with Crippen LogP contribution in [0.5, 0.6) is 11.8 Å². The molecule has 4 aliphatic heterocycles. The minimum atomic E-state index is -0.911. The minimum absolute atomic E-state index is 0.00546. The molecule has 4 saturated heterocycles. The lowest BCUT2D eigenvalue weighted by Crippen LogP contribution is -2.71. The molecule has 0 aliphatic carbocycles. The third-order valence-corrected chi connectivity index (χ3v) is 9.68. The lowest BCUT2D eigenvalue weighted by molar-refractivity contribution is 0.106. The van der Waals surface area contributed by atoms with Crippen LogP contribution in [0.25, 0.3) is 32.9 Å². The Morgan fingerprint density at radius 2 is 2.02 bits per heavy atom. The maximum absolute atomic E-state index is 16.6. The predicted octanol–water partition coefficient (Wildman–Crippen LogP) is 4.17. The number of hydrogen-bond acceptors (Lipinski definition) is 8. The van der Waals surface area contributed by atoms with Crippen molar-refractivity contribution in [1.82, 2.24) is 25.2 Å². The van der Waals surface area contributed by atoms with Gasteiger partial charge in [0.2, 0.25) is 0 Å². The van der Waals surface area contributed by atoms with Crippen molar-refractivity contribution < 1.29 is 23.0 Å². The van der Waals surface area contributed by atoms with Crippen LogP contribution in [-0.2, 0) is 0 Å². The van der Waals surface area contributed by atoms with Crippen LogP contribution in [0.3, 0.4) is 0 Å². The highest BCUT2D eigenvalue weighted by molar-refractivity contribution is 6.03. The van der Waals surface area contributed by atoms with Crippen molar-refractivity contribution in [1.29, 1.82) is 0 Å². The van der Waals surface area contributed by atoms with E-state index in [4.69, 9.17) is 16.1 Å². The monoisotopic (exact) mass is 586 g/mol. The van der Waals surface area contributed by atoms with Crippen LogP contribution in [-0.4, -0.2) is 82.5 Å². The van der Waals surface area contributed by atoms with Crippen molar-refractivity contribution in [2.45, 2.75) is 31.0 Å². The van der Waals surface area contributed by atoms with Gasteiger partial charge >= 0.3 is 6.01 Å². The highest BCUT2D eigenvalue weighted by Crippen LogP contribution is 2.43. The summed E-state index contributed by atoms with van der Waals surface area (Å²) < 4.78 is 51.9. The van der Waals surface area contributed by atoms with E-state index in [1.54, 1.807) is 0 Å². The van der Waals surface area contributed by atoms with E-state index in [0.29, 0.717) is 29.6 Å². The molecule has 8 nitrogen and oxygen atoms in total. The average molecular weight is 587 g/mol. The summed E-state index contributed by atoms with van der Waals surface area (Å²) in [5.41, 5.74) is -0.301. The van der Waals surface area contributed by atoms with Crippen molar-refractivity contribution in [3.8, 4) is 35.4 Å². The number of aromatic hydroxyl groups is 1. The molecule has 4 aliphatic rings. The molecule has 0 unspecified atom stereocenters. The Labute approximate surface area is 245 Å². The number of anilines is 1. The second-order valence-electron chi connectivity index (χ2n) is 12.5. The van der Waals surface area contributed by atoms with Crippen LogP contribution in [0.15, 0.2) is 30.5 Å². The summed E-state index contributed by atoms with van der Waals surface area (Å²) in [6, 6.07) is 5.46. The fourth-order valence-electron chi connectivity index (χ4n) is 7.53. The Kier molecular flexibility index (Phi) is 5.81. The van der Waals surface area contributed by atoms with Gasteiger partial charge in [-0.25, -0.2) is 13.2 Å². The van der Waals surface area contributed by atoms with E-state index in [-0.39, 0.29) is 51.5 Å². The standard InChI is InChI=1S/C32H29F3N6O2/c1-2-21-24(34)5-4-18-8-20(42)9-22(25(18)21)27-26(35)28-23(11-37-27)29(40-15-31(16-40)13-36-14-31)39-30(38-28)43-17-32-6-3-7-41(32)12-19(33)10-32/h1,4-5,8-9,11,19,36,42H,3,6-7,10,12-17H2/t19-,32+/m1/s1. The molecule has 4 aromatic rings. The summed E-state index contributed by atoms with van der Waals surface area (Å²) in [6.45, 7) is 4.73. The number of rotatable bonds is 5. The molecule has 6 heterocycles. The zero-order valence-corrected chi connectivity index (χ0v) is 23.3. The summed E-state index contributed by atoms with van der Waals surface area (Å²) in [6.07, 6.45) is 8.41. The zero-order valence-electron chi connectivity index (χ0n) is 23.3. The maximum Gasteiger partial charge on any atom is 0.319 e. The smallest absolute Gasteiger partial charge is 0.319 e. The van der Waals surface area contributed by atoms with Gasteiger partial charge in [-0.15, -0.1) is 6.42 Å². The number of halogens is 3. The highest BCUT2D eigenvalue weighted by Gasteiger charge is 2.50. The molecule has 4 fully saturated rings. The van der Waals surface area contributed by atoms with E-state index in [1.807, 2.05) is 0 Å². The lowest BCUT2D eigenvalue weighted by Gasteiger charge is -2.56. The van der Waals surface area contributed by atoms with Crippen molar-refractivity contribution in [2.75, 3.05) is 50.8 Å². The van der Waals surface area contributed by atoms with Gasteiger partial charge in [-0.05, 0) is 43.0 Å². The van der Waals surface area contributed by atoms with Gasteiger partial charge in [-0.1, -0.05) is 12.0 Å². The number of benzene rings is 2. The Morgan fingerprint density at radius 3 is 2.79 bits per heavy atom. The molecule has 220 valence electrons. The third-order valence-electron chi connectivity index (χ3n) is 9.68. The minimum Gasteiger partial charge on any atom is -0.508 e. The topological polar surface area (TPSA) is 86.6 Å². The van der Waals surface area contributed by atoms with E-state index < -0.39 is 23.3 Å². The molecule has 0 radical (unpaired) electrons. The molecule has 2 atom stereocenters. The van der Waals surface area contributed by atoms with Crippen molar-refractivity contribution >= 4 is 27.5 Å². The summed E-state index contributed by atoms with van der Waals surface area (Å²) >= 11 is 0. The van der Waals surface area contributed by atoms with Gasteiger partial charge in [-0.3, -0.25) is 9.88 Å². The zero-order chi connectivity index (χ0) is 29.5. The molecule has 0 saturated carbocycles. The second-order valence-corrected chi connectivity index (χ2v) is 12.5. The Hall–Kier alpha value is -4.14. The van der Waals surface area contributed by atoms with Crippen LogP contribution >= 0.6 is 0 Å². The molecule has 2 N–H and O–H groups in total. The first kappa shape index (κ1) is 26.5. The number of pyridine rings is 1. The summed E-state index contributed by atoms with van der Waals surface area (Å²) in [5, 5.41) is 14.9. The van der Waals surface area contributed by atoms with Crippen molar-refractivity contribution in [2.24, 2.45) is 5.41 Å². The van der Waals surface area contributed by atoms with Crippen LogP contribution < -0.4 is 15.0 Å². The van der Waals surface area contributed by atoms with Crippen LogP contribution in [0, 0.1) is 29.4 Å². The van der Waals surface area contributed by atoms with Crippen molar-refractivity contribution in [3.05, 3.63) is 47.7 Å². The third kappa shape index (κ3) is 4.03. The second kappa shape index (κ2) is 9.43. The van der Waals surface area contributed by atoms with Gasteiger partial charge in [0, 0.05) is 61.7 Å². The number of phenolic OH excluding ortho intramolecular Hbond substituents is 1. The number of aromatic nitrogens is 3. The number of nitrogens with zero attached hydrogens (tertiary/aromatic N) is 5. The molecular formula is C32H29F3N6O2. The van der Waals surface area contributed by atoms with Gasteiger partial charge in [-0.2, -0.15) is 9.97 Å². The Balaban J connectivity index is 1.26. The summed E-state index contributed by atoms with van der Waals surface area (Å²) in [7, 11) is 0. The Bertz CT molecular complexity index is 1850. The SMILES string of the molecule is C#Cc1c(F)ccc2cc(O)cc(-c3ncc4c(N5CC6(CNC6)C5)nc(OC[C@@]56CCCN5C[C@H](F)C6)nc4c3F)c12. The molecule has 8 rings (SSSR count). The quantitative estimate of drug-likeness (QED) is 0.337. The fraction of sp³-hybridized carbons (Fsp3) is 0.406. The summed E-state index contributed by atoms with van der Waals surface area (Å²) in [4.78, 5) is 17.9. The first-order valence-corrected chi connectivity index (χ1v) is 14.5. The normalized spacial score (nSPS) is 24.2. The number of hydrogen-bond donors (Lipinski definition) is 2. The average Bonchev–Trinajstić information content (AvgIpc) is 3.46. The number of nitrogens with one attached hydrogen (secondary N) is 1. The molecule has 0 amide bonds. The number of phenols is 1. The summed E-state index contributed by atoms with van der Waals surface area (Å²) in [5.74, 6) is 1.33. The number of ether oxygens (including phenoxy) is 1. The Morgan fingerprint density at radius 1 is 1.19 bits per heavy atom. The first-order chi connectivity index (χ1) is 20.8. The first-order valence-electron chi connectivity index (χ1n) is 14.5. The molecule has 11 heteroatoms. The fourth-order valence-corrected chi connectivity index (χ4v) is 7.53. The van der Waals surface area contributed by atoms with E-state index in [1.165, 1.54) is 30.5 Å². The van der Waals surface area contributed by atoms with Gasteiger partial charge in [0.05, 0.1) is 16.5 Å². The molecular weight excluding hydrogens is 557 g/mol. The lowest BCUT2D eigenvalue weighted by atomic mass is 9.74. The van der Waals surface area contributed by atoms with E-state index >= 15 is 4.39 Å². The van der Waals surface area contributed by atoms with Crippen LogP contribution in [0.1, 0.15) is 24.8 Å². The predicted molar refractivity (Wildman–Crippen MR) is 156 cm³/mol. The molecule has 0 bridgehead atoms. The van der Waals surface area contributed by atoms with Gasteiger partial charge in [0.1, 0.15) is 41.4 Å². The van der Waals surface area contributed by atoms with E-state index in [2.05, 4.69) is 31.0 Å². The van der Waals surface area contributed by atoms with E-state index in [9.17, 15) is 13.9 Å². The van der Waals surface area contributed by atoms with Gasteiger partial charge < -0.3 is 20.1 Å². The maximum atomic E-state index is 16.6. The molecule has 43 heavy (non-hydrogen) atoms. The van der Waals surface area contributed by atoms with Gasteiger partial charge in [0.25, 0.3) is 0 Å². The van der Waals surface area contributed by atoms with Crippen molar-refractivity contribution in [3.63, 3.8) is 0 Å². The van der Waals surface area contributed by atoms with Crippen LogP contribution in [0.4, 0.5) is 19.0 Å². The highest BCUT2D eigenvalue weighted by atomic mass is 19.1. The van der Waals surface area contributed by atoms with Gasteiger partial charge in [0.15, 0.2) is 5.82 Å². The largest absolute Gasteiger partial charge is 0.508 e. The molecule has 1 spiro atoms. The molecule has 2 aromatic carbocycles. The molecule has 2 aromatic heterocycles. The van der Waals surface area contributed by atoms with Crippen LogP contribution in [0.2, 0.25) is 0 Å². The van der Waals surface area contributed by atoms with E-state index in [0.717, 1.165) is 45.6 Å². The number of fused-ring (bicyclic) bond motifs is 3. The number of alkyl halides is 1.